The molecule has 0 saturated heterocycles. The van der Waals surface area contributed by atoms with Crippen molar-refractivity contribution in [2.75, 3.05) is 0 Å². The molecule has 0 spiro atoms. The van der Waals surface area contributed by atoms with E-state index in [4.69, 9.17) is 0 Å². The maximum atomic E-state index is 9.96. The molecular formula is C24H51NO. The lowest BCUT2D eigenvalue weighted by molar-refractivity contribution is 0.113. The van der Waals surface area contributed by atoms with Crippen LogP contribution in [0.25, 0.3) is 0 Å². The fraction of sp³-hybridized carbons (Fsp3) is 1.00. The predicted octanol–water partition coefficient (Wildman–Crippen LogP) is 7.73. The molecule has 0 aliphatic heterocycles. The molecular weight excluding hydrogens is 318 g/mol. The molecule has 0 amide bonds. The van der Waals surface area contributed by atoms with Crippen molar-refractivity contribution >= 4 is 0 Å². The fourth-order valence-corrected chi connectivity index (χ4v) is 3.75. The normalized spacial score (nSPS) is 12.8. The summed E-state index contributed by atoms with van der Waals surface area (Å²) in [4.78, 5) is 0. The minimum Gasteiger partial charge on any atom is -0.379 e. The number of aliphatic hydroxyl groups excluding tert-OH is 1. The van der Waals surface area contributed by atoms with E-state index in [1.54, 1.807) is 0 Å². The standard InChI is InChI=1S/C24H51NO/c1-4-7-9-11-13-15-17-19-21-23(25-24(26)6-3)22-20-18-16-14-12-10-8-5-2/h23-26H,4-22H2,1-3H3. The van der Waals surface area contributed by atoms with Crippen LogP contribution in [-0.2, 0) is 0 Å². The van der Waals surface area contributed by atoms with Crippen LogP contribution < -0.4 is 5.32 Å². The summed E-state index contributed by atoms with van der Waals surface area (Å²) < 4.78 is 0. The van der Waals surface area contributed by atoms with Gasteiger partial charge in [0.15, 0.2) is 0 Å². The summed E-state index contributed by atoms with van der Waals surface area (Å²) in [5, 5.41) is 13.4. The third-order valence-corrected chi connectivity index (χ3v) is 5.63. The van der Waals surface area contributed by atoms with E-state index in [0.717, 1.165) is 6.42 Å². The van der Waals surface area contributed by atoms with Crippen LogP contribution in [0.2, 0.25) is 0 Å². The van der Waals surface area contributed by atoms with E-state index in [2.05, 4.69) is 26.1 Å². The number of hydrogen-bond donors (Lipinski definition) is 2. The minimum atomic E-state index is -0.317. The Morgan fingerprint density at radius 3 is 1.23 bits per heavy atom. The Kier molecular flexibility index (Phi) is 21.2. The van der Waals surface area contributed by atoms with Crippen LogP contribution >= 0.6 is 0 Å². The van der Waals surface area contributed by atoms with Crippen molar-refractivity contribution in [2.24, 2.45) is 0 Å². The molecule has 158 valence electrons. The molecule has 0 fully saturated rings. The molecule has 0 heterocycles. The van der Waals surface area contributed by atoms with Crippen molar-refractivity contribution in [3.8, 4) is 0 Å². The molecule has 1 atom stereocenters. The molecule has 0 aromatic carbocycles. The predicted molar refractivity (Wildman–Crippen MR) is 118 cm³/mol. The fourth-order valence-electron chi connectivity index (χ4n) is 3.75. The van der Waals surface area contributed by atoms with Gasteiger partial charge in [-0.3, -0.25) is 5.32 Å². The van der Waals surface area contributed by atoms with E-state index < -0.39 is 0 Å². The molecule has 0 saturated carbocycles. The lowest BCUT2D eigenvalue weighted by Crippen LogP contribution is -2.37. The van der Waals surface area contributed by atoms with Gasteiger partial charge in [0.05, 0.1) is 0 Å². The van der Waals surface area contributed by atoms with Gasteiger partial charge in [-0.25, -0.2) is 0 Å². The van der Waals surface area contributed by atoms with Gasteiger partial charge < -0.3 is 5.11 Å². The SMILES string of the molecule is CCCCCCCCCCC(CCCCCCCCCC)NC(O)CC. The molecule has 0 aliphatic carbocycles. The summed E-state index contributed by atoms with van der Waals surface area (Å²) in [6.07, 6.45) is 25.1. The van der Waals surface area contributed by atoms with E-state index in [0.29, 0.717) is 6.04 Å². The summed E-state index contributed by atoms with van der Waals surface area (Å²) in [5.41, 5.74) is 0. The Balaban J connectivity index is 3.70. The first-order chi connectivity index (χ1) is 12.7. The molecule has 0 bridgehead atoms. The van der Waals surface area contributed by atoms with Crippen LogP contribution in [0, 0.1) is 0 Å². The number of rotatable bonds is 21. The third kappa shape index (κ3) is 18.7. The van der Waals surface area contributed by atoms with E-state index in [1.165, 1.54) is 116 Å². The summed E-state index contributed by atoms with van der Waals surface area (Å²) in [7, 11) is 0. The van der Waals surface area contributed by atoms with Crippen LogP contribution in [0.3, 0.4) is 0 Å². The molecule has 0 aliphatic rings. The van der Waals surface area contributed by atoms with E-state index in [-0.39, 0.29) is 6.23 Å². The van der Waals surface area contributed by atoms with Gasteiger partial charge in [-0.15, -0.1) is 0 Å². The molecule has 0 rings (SSSR count). The van der Waals surface area contributed by atoms with Crippen molar-refractivity contribution in [2.45, 2.75) is 155 Å². The average Bonchev–Trinajstić information content (AvgIpc) is 2.65. The quantitative estimate of drug-likeness (QED) is 0.160. The van der Waals surface area contributed by atoms with Gasteiger partial charge in [0.1, 0.15) is 6.23 Å². The van der Waals surface area contributed by atoms with E-state index in [1.807, 2.05) is 0 Å². The van der Waals surface area contributed by atoms with Crippen molar-refractivity contribution < 1.29 is 5.11 Å². The first-order valence-corrected chi connectivity index (χ1v) is 12.2. The zero-order valence-electron chi connectivity index (χ0n) is 18.5. The lowest BCUT2D eigenvalue weighted by atomic mass is 9.99. The van der Waals surface area contributed by atoms with Crippen molar-refractivity contribution in [3.63, 3.8) is 0 Å². The zero-order chi connectivity index (χ0) is 19.3. The van der Waals surface area contributed by atoms with Gasteiger partial charge in [0.25, 0.3) is 0 Å². The van der Waals surface area contributed by atoms with Gasteiger partial charge in [-0.1, -0.05) is 124 Å². The topological polar surface area (TPSA) is 32.3 Å². The first-order valence-electron chi connectivity index (χ1n) is 12.2. The monoisotopic (exact) mass is 369 g/mol. The Hall–Kier alpha value is -0.0800. The average molecular weight is 370 g/mol. The number of nitrogens with one attached hydrogen (secondary N) is 1. The van der Waals surface area contributed by atoms with Crippen LogP contribution in [0.5, 0.6) is 0 Å². The van der Waals surface area contributed by atoms with Gasteiger partial charge >= 0.3 is 0 Å². The Morgan fingerprint density at radius 1 is 0.538 bits per heavy atom. The van der Waals surface area contributed by atoms with Crippen molar-refractivity contribution in [1.82, 2.24) is 5.32 Å². The molecule has 1 unspecified atom stereocenters. The zero-order valence-corrected chi connectivity index (χ0v) is 18.5. The van der Waals surface area contributed by atoms with Gasteiger partial charge in [0.2, 0.25) is 0 Å². The van der Waals surface area contributed by atoms with Gasteiger partial charge in [-0.05, 0) is 19.3 Å². The number of aliphatic hydroxyl groups is 1. The Morgan fingerprint density at radius 2 is 0.885 bits per heavy atom. The van der Waals surface area contributed by atoms with Crippen molar-refractivity contribution in [1.29, 1.82) is 0 Å². The molecule has 26 heavy (non-hydrogen) atoms. The van der Waals surface area contributed by atoms with Crippen LogP contribution in [-0.4, -0.2) is 17.4 Å². The molecule has 2 N–H and O–H groups in total. The highest BCUT2D eigenvalue weighted by Crippen LogP contribution is 2.16. The minimum absolute atomic E-state index is 0.317. The smallest absolute Gasteiger partial charge is 0.104 e. The Bertz CT molecular complexity index is 237. The highest BCUT2D eigenvalue weighted by molar-refractivity contribution is 4.69. The highest BCUT2D eigenvalue weighted by atomic mass is 16.3. The summed E-state index contributed by atoms with van der Waals surface area (Å²) >= 11 is 0. The van der Waals surface area contributed by atoms with Crippen LogP contribution in [0.15, 0.2) is 0 Å². The maximum Gasteiger partial charge on any atom is 0.104 e. The molecule has 0 aromatic rings. The van der Waals surface area contributed by atoms with Gasteiger partial charge in [0, 0.05) is 6.04 Å². The second-order valence-electron chi connectivity index (χ2n) is 8.31. The Labute approximate surface area is 165 Å². The van der Waals surface area contributed by atoms with Crippen LogP contribution in [0.1, 0.15) is 143 Å². The lowest BCUT2D eigenvalue weighted by Gasteiger charge is -2.22. The number of hydrogen-bond acceptors (Lipinski definition) is 2. The summed E-state index contributed by atoms with van der Waals surface area (Å²) in [6, 6.07) is 0.519. The number of unbranched alkanes of at least 4 members (excludes halogenated alkanes) is 14. The van der Waals surface area contributed by atoms with Crippen molar-refractivity contribution in [3.05, 3.63) is 0 Å². The largest absolute Gasteiger partial charge is 0.379 e. The molecule has 2 nitrogen and oxygen atoms in total. The summed E-state index contributed by atoms with van der Waals surface area (Å²) in [5.74, 6) is 0. The van der Waals surface area contributed by atoms with Gasteiger partial charge in [-0.2, -0.15) is 0 Å². The second-order valence-corrected chi connectivity index (χ2v) is 8.31. The van der Waals surface area contributed by atoms with E-state index in [9.17, 15) is 5.11 Å². The second kappa shape index (κ2) is 21.2. The molecule has 0 radical (unpaired) electrons. The first kappa shape index (κ1) is 25.9. The van der Waals surface area contributed by atoms with E-state index >= 15 is 0 Å². The summed E-state index contributed by atoms with van der Waals surface area (Å²) in [6.45, 7) is 6.62. The maximum absolute atomic E-state index is 9.96. The molecule has 0 aromatic heterocycles. The van der Waals surface area contributed by atoms with Crippen LogP contribution in [0.4, 0.5) is 0 Å². The molecule has 2 heteroatoms. The highest BCUT2D eigenvalue weighted by Gasteiger charge is 2.11. The third-order valence-electron chi connectivity index (χ3n) is 5.63.